The number of carbonyl (C=O) groups excluding carboxylic acids is 1. The summed E-state index contributed by atoms with van der Waals surface area (Å²) < 4.78 is 0. The normalized spacial score (nSPS) is 10.2. The Morgan fingerprint density at radius 1 is 1.35 bits per heavy atom. The maximum atomic E-state index is 11.7. The number of nitrogen functional groups attached to an aromatic ring is 1. The standard InChI is InChI=1S/C12H17ClN2O2/c13-10-8-9(4-5-11(10)14)12(17)15-6-2-1-3-7-16/h4-5,8,16H,1-3,6-7,14H2,(H,15,17). The minimum Gasteiger partial charge on any atom is -0.398 e. The van der Waals surface area contributed by atoms with E-state index in [1.54, 1.807) is 18.2 Å². The number of anilines is 1. The van der Waals surface area contributed by atoms with Gasteiger partial charge < -0.3 is 16.2 Å². The first-order chi connectivity index (χ1) is 8.15. The Kier molecular flexibility index (Phi) is 5.80. The lowest BCUT2D eigenvalue weighted by atomic mass is 10.2. The molecule has 17 heavy (non-hydrogen) atoms. The Morgan fingerprint density at radius 2 is 2.12 bits per heavy atom. The number of rotatable bonds is 6. The zero-order chi connectivity index (χ0) is 12.7. The molecule has 0 unspecified atom stereocenters. The predicted molar refractivity (Wildman–Crippen MR) is 69.1 cm³/mol. The maximum Gasteiger partial charge on any atom is 0.251 e. The zero-order valence-electron chi connectivity index (χ0n) is 9.58. The molecule has 0 saturated heterocycles. The van der Waals surface area contributed by atoms with Crippen LogP contribution in [0.5, 0.6) is 0 Å². The minimum absolute atomic E-state index is 0.157. The average molecular weight is 257 g/mol. The molecule has 1 rings (SSSR count). The Morgan fingerprint density at radius 3 is 2.76 bits per heavy atom. The number of amides is 1. The monoisotopic (exact) mass is 256 g/mol. The number of hydrogen-bond donors (Lipinski definition) is 3. The van der Waals surface area contributed by atoms with E-state index in [1.165, 1.54) is 0 Å². The fourth-order valence-corrected chi connectivity index (χ4v) is 1.57. The number of aliphatic hydroxyl groups is 1. The zero-order valence-corrected chi connectivity index (χ0v) is 10.3. The molecule has 0 radical (unpaired) electrons. The van der Waals surface area contributed by atoms with Crippen LogP contribution in [-0.4, -0.2) is 24.2 Å². The summed E-state index contributed by atoms with van der Waals surface area (Å²) in [6, 6.07) is 4.81. The van der Waals surface area contributed by atoms with Crippen LogP contribution in [0.25, 0.3) is 0 Å². The SMILES string of the molecule is Nc1ccc(C(=O)NCCCCCO)cc1Cl. The number of aliphatic hydroxyl groups excluding tert-OH is 1. The van der Waals surface area contributed by atoms with Crippen LogP contribution in [0.15, 0.2) is 18.2 Å². The third kappa shape index (κ3) is 4.63. The van der Waals surface area contributed by atoms with Crippen molar-refractivity contribution >= 4 is 23.2 Å². The average Bonchev–Trinajstić information content (AvgIpc) is 2.32. The third-order valence-corrected chi connectivity index (χ3v) is 2.71. The lowest BCUT2D eigenvalue weighted by Gasteiger charge is -2.06. The van der Waals surface area contributed by atoms with E-state index in [1.807, 2.05) is 0 Å². The molecule has 4 N–H and O–H groups in total. The highest BCUT2D eigenvalue weighted by atomic mass is 35.5. The Hall–Kier alpha value is -1.26. The van der Waals surface area contributed by atoms with Gasteiger partial charge in [-0.1, -0.05) is 11.6 Å². The van der Waals surface area contributed by atoms with E-state index in [4.69, 9.17) is 22.4 Å². The van der Waals surface area contributed by atoms with E-state index in [0.29, 0.717) is 22.8 Å². The molecule has 0 aliphatic heterocycles. The van der Waals surface area contributed by atoms with Crippen LogP contribution in [0, 0.1) is 0 Å². The van der Waals surface area contributed by atoms with Gasteiger partial charge >= 0.3 is 0 Å². The number of nitrogens with one attached hydrogen (secondary N) is 1. The summed E-state index contributed by atoms with van der Waals surface area (Å²) in [5, 5.41) is 11.8. The number of carbonyl (C=O) groups is 1. The molecule has 1 aromatic carbocycles. The summed E-state index contributed by atoms with van der Waals surface area (Å²) in [5.41, 5.74) is 6.53. The molecular formula is C12H17ClN2O2. The van der Waals surface area contributed by atoms with Gasteiger partial charge in [0.25, 0.3) is 5.91 Å². The first-order valence-corrected chi connectivity index (χ1v) is 5.97. The molecule has 0 spiro atoms. The van der Waals surface area contributed by atoms with Crippen LogP contribution >= 0.6 is 11.6 Å². The van der Waals surface area contributed by atoms with Crippen molar-refractivity contribution in [2.75, 3.05) is 18.9 Å². The van der Waals surface area contributed by atoms with Crippen molar-refractivity contribution in [3.8, 4) is 0 Å². The Bertz CT molecular complexity index is 383. The quantitative estimate of drug-likeness (QED) is 0.537. The smallest absolute Gasteiger partial charge is 0.251 e. The van der Waals surface area contributed by atoms with Crippen molar-refractivity contribution in [2.45, 2.75) is 19.3 Å². The first-order valence-electron chi connectivity index (χ1n) is 5.59. The first kappa shape index (κ1) is 13.8. The molecule has 5 heteroatoms. The fraction of sp³-hybridized carbons (Fsp3) is 0.417. The molecule has 0 saturated carbocycles. The Labute approximate surface area is 106 Å². The fourth-order valence-electron chi connectivity index (χ4n) is 1.39. The predicted octanol–water partition coefficient (Wildman–Crippen LogP) is 1.81. The highest BCUT2D eigenvalue weighted by Crippen LogP contribution is 2.19. The van der Waals surface area contributed by atoms with Crippen LogP contribution in [-0.2, 0) is 0 Å². The topological polar surface area (TPSA) is 75.4 Å². The molecule has 0 heterocycles. The lowest BCUT2D eigenvalue weighted by molar-refractivity contribution is 0.0953. The number of hydrogen-bond acceptors (Lipinski definition) is 3. The van der Waals surface area contributed by atoms with Crippen LogP contribution in [0.4, 0.5) is 5.69 Å². The summed E-state index contributed by atoms with van der Waals surface area (Å²) in [5.74, 6) is -0.157. The second-order valence-electron chi connectivity index (χ2n) is 3.78. The highest BCUT2D eigenvalue weighted by molar-refractivity contribution is 6.33. The van der Waals surface area contributed by atoms with Gasteiger partial charge in [-0.25, -0.2) is 0 Å². The van der Waals surface area contributed by atoms with Crippen LogP contribution in [0.2, 0.25) is 5.02 Å². The van der Waals surface area contributed by atoms with Gasteiger partial charge in [0.1, 0.15) is 0 Å². The van der Waals surface area contributed by atoms with E-state index < -0.39 is 0 Å². The van der Waals surface area contributed by atoms with E-state index in [9.17, 15) is 4.79 Å². The second kappa shape index (κ2) is 7.14. The van der Waals surface area contributed by atoms with Gasteiger partial charge in [-0.2, -0.15) is 0 Å². The van der Waals surface area contributed by atoms with E-state index in [0.717, 1.165) is 19.3 Å². The summed E-state index contributed by atoms with van der Waals surface area (Å²) >= 11 is 5.83. The molecule has 94 valence electrons. The number of benzene rings is 1. The molecular weight excluding hydrogens is 240 g/mol. The van der Waals surface area contributed by atoms with Gasteiger partial charge in [0.05, 0.1) is 10.7 Å². The minimum atomic E-state index is -0.157. The van der Waals surface area contributed by atoms with Crippen molar-refractivity contribution in [1.29, 1.82) is 0 Å². The number of unbranched alkanes of at least 4 members (excludes halogenated alkanes) is 2. The van der Waals surface area contributed by atoms with Crippen molar-refractivity contribution in [3.63, 3.8) is 0 Å². The molecule has 0 fully saturated rings. The largest absolute Gasteiger partial charge is 0.398 e. The summed E-state index contributed by atoms with van der Waals surface area (Å²) in [6.45, 7) is 0.794. The van der Waals surface area contributed by atoms with E-state index >= 15 is 0 Å². The van der Waals surface area contributed by atoms with Gasteiger partial charge in [0, 0.05) is 18.7 Å². The van der Waals surface area contributed by atoms with Crippen LogP contribution in [0.1, 0.15) is 29.6 Å². The van der Waals surface area contributed by atoms with Crippen LogP contribution in [0.3, 0.4) is 0 Å². The van der Waals surface area contributed by atoms with E-state index in [2.05, 4.69) is 5.32 Å². The van der Waals surface area contributed by atoms with Gasteiger partial charge in [0.2, 0.25) is 0 Å². The maximum absolute atomic E-state index is 11.7. The third-order valence-electron chi connectivity index (χ3n) is 2.38. The van der Waals surface area contributed by atoms with Gasteiger partial charge in [-0.15, -0.1) is 0 Å². The molecule has 0 bridgehead atoms. The highest BCUT2D eigenvalue weighted by Gasteiger charge is 2.06. The van der Waals surface area contributed by atoms with Gasteiger partial charge in [0.15, 0.2) is 0 Å². The molecule has 0 aliphatic rings. The van der Waals surface area contributed by atoms with Crippen molar-refractivity contribution in [2.24, 2.45) is 0 Å². The summed E-state index contributed by atoms with van der Waals surface area (Å²) in [4.78, 5) is 11.7. The molecule has 0 aliphatic carbocycles. The van der Waals surface area contributed by atoms with Crippen molar-refractivity contribution in [1.82, 2.24) is 5.32 Å². The van der Waals surface area contributed by atoms with Gasteiger partial charge in [-0.3, -0.25) is 4.79 Å². The number of halogens is 1. The number of nitrogens with two attached hydrogens (primary N) is 1. The molecule has 1 aromatic rings. The Balaban J connectivity index is 2.39. The summed E-state index contributed by atoms with van der Waals surface area (Å²) in [7, 11) is 0. The summed E-state index contributed by atoms with van der Waals surface area (Å²) in [6.07, 6.45) is 2.53. The van der Waals surface area contributed by atoms with E-state index in [-0.39, 0.29) is 12.5 Å². The lowest BCUT2D eigenvalue weighted by Crippen LogP contribution is -2.24. The molecule has 0 atom stereocenters. The molecule has 1 amide bonds. The second-order valence-corrected chi connectivity index (χ2v) is 4.18. The van der Waals surface area contributed by atoms with Gasteiger partial charge in [-0.05, 0) is 37.5 Å². The van der Waals surface area contributed by atoms with Crippen molar-refractivity contribution in [3.05, 3.63) is 28.8 Å². The van der Waals surface area contributed by atoms with Crippen molar-refractivity contribution < 1.29 is 9.90 Å². The molecule has 0 aromatic heterocycles. The van der Waals surface area contributed by atoms with Crippen LogP contribution < -0.4 is 11.1 Å². The molecule has 4 nitrogen and oxygen atoms in total.